The van der Waals surface area contributed by atoms with Crippen LogP contribution in [-0.2, 0) is 0 Å². The van der Waals surface area contributed by atoms with Gasteiger partial charge in [-0.2, -0.15) is 0 Å². The second-order valence-electron chi connectivity index (χ2n) is 12.6. The van der Waals surface area contributed by atoms with E-state index in [9.17, 15) is 0 Å². The van der Waals surface area contributed by atoms with E-state index in [-0.39, 0.29) is 16.9 Å². The van der Waals surface area contributed by atoms with Gasteiger partial charge in [0.1, 0.15) is 0 Å². The summed E-state index contributed by atoms with van der Waals surface area (Å²) < 4.78 is 0. The number of hydrogen-bond acceptors (Lipinski definition) is 2. The third-order valence-corrected chi connectivity index (χ3v) is 8.97. The predicted molar refractivity (Wildman–Crippen MR) is 168 cm³/mol. The first-order chi connectivity index (χ1) is 17.2. The Morgan fingerprint density at radius 3 is 1.46 bits per heavy atom. The van der Waals surface area contributed by atoms with Gasteiger partial charge in [0.25, 0.3) is 0 Å². The van der Waals surface area contributed by atoms with Gasteiger partial charge in [-0.3, -0.25) is 0 Å². The Morgan fingerprint density at radius 1 is 0.703 bits per heavy atom. The van der Waals surface area contributed by atoms with Gasteiger partial charge < -0.3 is 10.0 Å². The van der Waals surface area contributed by atoms with E-state index in [1.54, 1.807) is 0 Å². The summed E-state index contributed by atoms with van der Waals surface area (Å²) in [6.45, 7) is 22.9. The van der Waals surface area contributed by atoms with Crippen LogP contribution in [0, 0.1) is 41.5 Å². The normalized spacial score (nSPS) is 17.1. The van der Waals surface area contributed by atoms with Gasteiger partial charge >= 0.3 is 5.81 Å². The van der Waals surface area contributed by atoms with E-state index in [2.05, 4.69) is 137 Å². The minimum atomic E-state index is -0.00480. The Balaban J connectivity index is 1.96. The van der Waals surface area contributed by atoms with Crippen molar-refractivity contribution in [1.29, 1.82) is 0 Å². The van der Waals surface area contributed by atoms with Crippen LogP contribution < -0.4 is 5.23 Å². The number of para-hydroxylation sites is 1. The lowest BCUT2D eigenvalue weighted by Gasteiger charge is -2.54. The molecule has 0 saturated carbocycles. The van der Waals surface area contributed by atoms with Gasteiger partial charge in [-0.25, -0.2) is 0 Å². The van der Waals surface area contributed by atoms with E-state index in [0.717, 1.165) is 0 Å². The largest absolute Gasteiger partial charge is 0.421 e. The predicted octanol–water partition coefficient (Wildman–Crippen LogP) is 9.71. The first kappa shape index (κ1) is 28.0. The zero-order valence-electron chi connectivity index (χ0n) is 24.6. The highest BCUT2D eigenvalue weighted by Gasteiger charge is 2.46. The van der Waals surface area contributed by atoms with Crippen LogP contribution in [0.3, 0.4) is 0 Å². The van der Waals surface area contributed by atoms with Crippen LogP contribution >= 0.6 is 15.8 Å². The van der Waals surface area contributed by atoms with Gasteiger partial charge in [0.05, 0.1) is 0 Å². The second-order valence-corrected chi connectivity index (χ2v) is 13.5. The molecule has 1 heterocycles. The van der Waals surface area contributed by atoms with Crippen LogP contribution in [0.4, 0.5) is 5.69 Å². The Labute approximate surface area is 234 Å². The van der Waals surface area contributed by atoms with Gasteiger partial charge in [-0.1, -0.05) is 53.6 Å². The molecule has 2 nitrogen and oxygen atoms in total. The van der Waals surface area contributed by atoms with Crippen molar-refractivity contribution in [3.8, 4) is 22.3 Å². The summed E-state index contributed by atoms with van der Waals surface area (Å²) in [5, 5.41) is 4.04. The lowest BCUT2D eigenvalue weighted by atomic mass is 9.74. The molecule has 1 N–H and O–H groups in total. The number of piperidine rings is 1. The molecule has 0 bridgehead atoms. The quantitative estimate of drug-likeness (QED) is 0.313. The zero-order chi connectivity index (χ0) is 27.3. The van der Waals surface area contributed by atoms with Gasteiger partial charge in [-0.05, 0) is 122 Å². The number of anilines is 1. The summed E-state index contributed by atoms with van der Waals surface area (Å²) in [7, 11) is 0. The summed E-state index contributed by atoms with van der Waals surface area (Å²) in [6.07, 6.45) is 3.66. The van der Waals surface area contributed by atoms with Crippen molar-refractivity contribution in [2.75, 3.05) is 5.23 Å². The third-order valence-electron chi connectivity index (χ3n) is 8.33. The minimum absolute atomic E-state index is 0.00480. The highest BCUT2D eigenvalue weighted by atomic mass is 79.9. The highest BCUT2D eigenvalue weighted by Crippen LogP contribution is 2.45. The fourth-order valence-electron chi connectivity index (χ4n) is 7.15. The minimum Gasteiger partial charge on any atom is -0.404 e. The molecule has 1 aliphatic rings. The molecular formula is C33H44BBrN2. The third kappa shape index (κ3) is 5.43. The Morgan fingerprint density at radius 2 is 1.08 bits per heavy atom. The molecule has 4 rings (SSSR count). The number of rotatable bonds is 5. The monoisotopic (exact) mass is 558 g/mol. The van der Waals surface area contributed by atoms with Crippen LogP contribution in [-0.4, -0.2) is 21.7 Å². The van der Waals surface area contributed by atoms with Crippen molar-refractivity contribution in [3.05, 3.63) is 75.8 Å². The van der Waals surface area contributed by atoms with E-state index in [0.29, 0.717) is 0 Å². The maximum Gasteiger partial charge on any atom is 0.421 e. The van der Waals surface area contributed by atoms with Crippen molar-refractivity contribution < 1.29 is 0 Å². The second kappa shape index (κ2) is 10.3. The molecule has 0 unspecified atom stereocenters. The van der Waals surface area contributed by atoms with E-state index < -0.39 is 0 Å². The average molecular weight is 559 g/mol. The molecule has 0 aliphatic carbocycles. The van der Waals surface area contributed by atoms with Crippen molar-refractivity contribution in [2.45, 2.75) is 99.6 Å². The molecule has 0 aromatic heterocycles. The Bertz CT molecular complexity index is 1190. The fourth-order valence-corrected chi connectivity index (χ4v) is 8.48. The van der Waals surface area contributed by atoms with Gasteiger partial charge in [0, 0.05) is 27.9 Å². The van der Waals surface area contributed by atoms with Crippen LogP contribution in [0.15, 0.2) is 42.5 Å². The standard InChI is InChI=1S/C33H44BBrN2/c1-21-17-23(3)29(24(4)18-21)27-13-11-14-28(30-25(5)19-22(2)20-26(30)6)31(27)36-34(35)37-32(7,8)15-12-16-33(37,9)10/h11,13-14,17-20,36H,12,15-16H2,1-10H3. The maximum absolute atomic E-state index is 4.15. The smallest absolute Gasteiger partial charge is 0.404 e. The molecule has 4 heteroatoms. The summed E-state index contributed by atoms with van der Waals surface area (Å²) in [4.78, 5) is 2.65. The van der Waals surface area contributed by atoms with Gasteiger partial charge in [0.15, 0.2) is 0 Å². The first-order valence-electron chi connectivity index (χ1n) is 13.7. The highest BCUT2D eigenvalue weighted by molar-refractivity contribution is 9.24. The van der Waals surface area contributed by atoms with Crippen LogP contribution in [0.1, 0.15) is 80.3 Å². The van der Waals surface area contributed by atoms with Crippen molar-refractivity contribution >= 4 is 27.3 Å². The first-order valence-corrected chi connectivity index (χ1v) is 14.6. The molecule has 1 saturated heterocycles. The van der Waals surface area contributed by atoms with E-state index in [4.69, 9.17) is 0 Å². The molecule has 1 fully saturated rings. The molecule has 37 heavy (non-hydrogen) atoms. The molecule has 196 valence electrons. The summed E-state index contributed by atoms with van der Waals surface area (Å²) in [5.74, 6) is -0.00480. The van der Waals surface area contributed by atoms with Crippen molar-refractivity contribution in [2.24, 2.45) is 0 Å². The average Bonchev–Trinajstić information content (AvgIpc) is 2.72. The van der Waals surface area contributed by atoms with Crippen molar-refractivity contribution in [3.63, 3.8) is 0 Å². The number of nitrogens with one attached hydrogen (secondary N) is 1. The lowest BCUT2D eigenvalue weighted by Crippen LogP contribution is -2.64. The zero-order valence-corrected chi connectivity index (χ0v) is 26.2. The number of nitrogens with zero attached hydrogens (tertiary/aromatic N) is 1. The van der Waals surface area contributed by atoms with E-state index in [1.165, 1.54) is 80.6 Å². The lowest BCUT2D eigenvalue weighted by molar-refractivity contribution is 0.0529. The SMILES string of the molecule is Cc1cc(C)c(-c2cccc(-c3c(C)cc(C)cc3C)c2NB(Br)N2C(C)(C)CCCC2(C)C)c(C)c1. The van der Waals surface area contributed by atoms with E-state index >= 15 is 0 Å². The Hall–Kier alpha value is -2.04. The number of benzene rings is 3. The molecule has 1 aliphatic heterocycles. The summed E-state index contributed by atoms with van der Waals surface area (Å²) in [5.41, 5.74) is 14.5. The van der Waals surface area contributed by atoms with Crippen molar-refractivity contribution in [1.82, 2.24) is 4.81 Å². The van der Waals surface area contributed by atoms with Crippen LogP contribution in [0.5, 0.6) is 0 Å². The fraction of sp³-hybridized carbons (Fsp3) is 0.455. The topological polar surface area (TPSA) is 15.3 Å². The number of aryl methyl sites for hydroxylation is 6. The van der Waals surface area contributed by atoms with Gasteiger partial charge in [-0.15, -0.1) is 15.8 Å². The molecule has 3 aromatic carbocycles. The van der Waals surface area contributed by atoms with E-state index in [1.807, 2.05) is 0 Å². The maximum atomic E-state index is 4.15. The number of halogens is 1. The molecular weight excluding hydrogens is 515 g/mol. The van der Waals surface area contributed by atoms with Gasteiger partial charge in [0.2, 0.25) is 0 Å². The number of hydrogen-bond donors (Lipinski definition) is 1. The van der Waals surface area contributed by atoms with Crippen LogP contribution in [0.25, 0.3) is 22.3 Å². The summed E-state index contributed by atoms with van der Waals surface area (Å²) >= 11 is 4.15. The molecule has 0 amide bonds. The molecule has 3 aromatic rings. The molecule has 0 atom stereocenters. The summed E-state index contributed by atoms with van der Waals surface area (Å²) in [6, 6.07) is 16.1. The molecule has 0 radical (unpaired) electrons. The Kier molecular flexibility index (Phi) is 7.76. The molecule has 0 spiro atoms. The van der Waals surface area contributed by atoms with Crippen LogP contribution in [0.2, 0.25) is 0 Å².